The molecule has 0 unspecified atom stereocenters. The van der Waals surface area contributed by atoms with Crippen LogP contribution in [0.5, 0.6) is 0 Å². The second-order valence-electron chi connectivity index (χ2n) is 2.96. The molecule has 0 aliphatic heterocycles. The van der Waals surface area contributed by atoms with Crippen molar-refractivity contribution < 1.29 is 8.42 Å². The molecule has 0 atom stereocenters. The first-order valence-electron chi connectivity index (χ1n) is 3.94. The number of hydrogen-bond donors (Lipinski definition) is 0. The molecule has 15 heavy (non-hydrogen) atoms. The summed E-state index contributed by atoms with van der Waals surface area (Å²) >= 11 is 3.19. The van der Waals surface area contributed by atoms with Gasteiger partial charge in [-0.2, -0.15) is 5.26 Å². The summed E-state index contributed by atoms with van der Waals surface area (Å²) < 4.78 is 22.4. The van der Waals surface area contributed by atoms with Crippen molar-refractivity contribution in [3.8, 4) is 6.07 Å². The van der Waals surface area contributed by atoms with Gasteiger partial charge in [0.25, 0.3) is 9.05 Å². The molecule has 0 aliphatic rings. The summed E-state index contributed by atoms with van der Waals surface area (Å²) in [5, 5.41) is 9.23. The smallest absolute Gasteiger partial charge is 0.207 e. The zero-order valence-electron chi connectivity index (χ0n) is 7.79. The number of hydrogen-bond acceptors (Lipinski definition) is 3. The highest BCUT2D eigenvalue weighted by molar-refractivity contribution is 9.08. The number of rotatable bonds is 2. The van der Waals surface area contributed by atoms with Gasteiger partial charge in [0.15, 0.2) is 0 Å². The molecule has 0 N–H and O–H groups in total. The summed E-state index contributed by atoms with van der Waals surface area (Å²) in [6.07, 6.45) is 0. The van der Waals surface area contributed by atoms with Gasteiger partial charge in [-0.15, -0.1) is 0 Å². The SMILES string of the molecule is Cc1cc(C#N)c(CBr)cc1S(=O)(=O)Cl. The molecular weight excluding hydrogens is 302 g/mol. The number of halogens is 2. The molecule has 0 bridgehead atoms. The molecule has 1 aromatic carbocycles. The molecule has 0 fully saturated rings. The fourth-order valence-electron chi connectivity index (χ4n) is 1.21. The Morgan fingerprint density at radius 2 is 2.13 bits per heavy atom. The minimum atomic E-state index is -3.75. The minimum Gasteiger partial charge on any atom is -0.207 e. The Bertz CT molecular complexity index is 534. The van der Waals surface area contributed by atoms with E-state index in [0.29, 0.717) is 22.0 Å². The van der Waals surface area contributed by atoms with Crippen LogP contribution in [-0.4, -0.2) is 8.42 Å². The van der Waals surface area contributed by atoms with Gasteiger partial charge in [0, 0.05) is 16.0 Å². The highest BCUT2D eigenvalue weighted by Crippen LogP contribution is 2.24. The van der Waals surface area contributed by atoms with Crippen molar-refractivity contribution in [1.82, 2.24) is 0 Å². The monoisotopic (exact) mass is 307 g/mol. The van der Waals surface area contributed by atoms with Crippen LogP contribution in [-0.2, 0) is 14.4 Å². The van der Waals surface area contributed by atoms with Gasteiger partial charge in [-0.25, -0.2) is 8.42 Å². The topological polar surface area (TPSA) is 57.9 Å². The highest BCUT2D eigenvalue weighted by Gasteiger charge is 2.16. The van der Waals surface area contributed by atoms with E-state index in [9.17, 15) is 8.42 Å². The molecule has 1 rings (SSSR count). The van der Waals surface area contributed by atoms with Gasteiger partial charge in [0.2, 0.25) is 0 Å². The summed E-state index contributed by atoms with van der Waals surface area (Å²) in [4.78, 5) is 0.0533. The van der Waals surface area contributed by atoms with Crippen molar-refractivity contribution in [3.05, 3.63) is 28.8 Å². The zero-order valence-corrected chi connectivity index (χ0v) is 10.9. The molecule has 0 aromatic heterocycles. The number of aryl methyl sites for hydroxylation is 1. The lowest BCUT2D eigenvalue weighted by atomic mass is 10.1. The van der Waals surface area contributed by atoms with Crippen LogP contribution >= 0.6 is 26.6 Å². The number of nitrogens with zero attached hydrogens (tertiary/aromatic N) is 1. The number of alkyl halides is 1. The lowest BCUT2D eigenvalue weighted by Gasteiger charge is -2.06. The van der Waals surface area contributed by atoms with Gasteiger partial charge in [0.1, 0.15) is 0 Å². The normalized spacial score (nSPS) is 11.1. The minimum absolute atomic E-state index is 0.0533. The fraction of sp³-hybridized carbons (Fsp3) is 0.222. The second kappa shape index (κ2) is 4.52. The van der Waals surface area contributed by atoms with E-state index in [1.165, 1.54) is 12.1 Å². The average Bonchev–Trinajstić information content (AvgIpc) is 2.15. The van der Waals surface area contributed by atoms with Gasteiger partial charge in [0.05, 0.1) is 16.5 Å². The van der Waals surface area contributed by atoms with E-state index in [4.69, 9.17) is 15.9 Å². The van der Waals surface area contributed by atoms with Crippen molar-refractivity contribution in [2.24, 2.45) is 0 Å². The molecule has 0 saturated heterocycles. The second-order valence-corrected chi connectivity index (χ2v) is 6.05. The Labute approximate surface area is 101 Å². The highest BCUT2D eigenvalue weighted by atomic mass is 79.9. The van der Waals surface area contributed by atoms with E-state index in [1.807, 2.05) is 6.07 Å². The van der Waals surface area contributed by atoms with Crippen LogP contribution in [0.4, 0.5) is 0 Å². The number of nitriles is 1. The Hall–Kier alpha value is -0.570. The molecule has 6 heteroatoms. The van der Waals surface area contributed by atoms with Crippen LogP contribution in [0, 0.1) is 18.3 Å². The van der Waals surface area contributed by atoms with E-state index in [1.54, 1.807) is 6.92 Å². The van der Waals surface area contributed by atoms with Gasteiger partial charge < -0.3 is 0 Å². The largest absolute Gasteiger partial charge is 0.261 e. The predicted octanol–water partition coefficient (Wildman–Crippen LogP) is 2.69. The Balaban J connectivity index is 3.55. The maximum absolute atomic E-state index is 11.2. The fourth-order valence-corrected chi connectivity index (χ4v) is 2.90. The first-order chi connectivity index (χ1) is 6.90. The summed E-state index contributed by atoms with van der Waals surface area (Å²) in [5.74, 6) is 0. The third kappa shape index (κ3) is 2.71. The molecule has 0 heterocycles. The van der Waals surface area contributed by atoms with E-state index < -0.39 is 9.05 Å². The Morgan fingerprint density at radius 3 is 2.53 bits per heavy atom. The van der Waals surface area contributed by atoms with Gasteiger partial charge in [-0.1, -0.05) is 15.9 Å². The van der Waals surface area contributed by atoms with Crippen LogP contribution in [0.1, 0.15) is 16.7 Å². The third-order valence-corrected chi connectivity index (χ3v) is 4.00. The molecular formula is C9H7BrClNO2S. The summed E-state index contributed by atoms with van der Waals surface area (Å²) in [6, 6.07) is 4.94. The summed E-state index contributed by atoms with van der Waals surface area (Å²) in [7, 11) is 1.51. The molecule has 3 nitrogen and oxygen atoms in total. The van der Waals surface area contributed by atoms with Gasteiger partial charge in [-0.3, -0.25) is 0 Å². The van der Waals surface area contributed by atoms with Crippen LogP contribution in [0.25, 0.3) is 0 Å². The predicted molar refractivity (Wildman–Crippen MR) is 61.6 cm³/mol. The van der Waals surface area contributed by atoms with E-state index in [-0.39, 0.29) is 4.90 Å². The van der Waals surface area contributed by atoms with Crippen LogP contribution in [0.2, 0.25) is 0 Å². The lowest BCUT2D eigenvalue weighted by Crippen LogP contribution is -1.98. The zero-order chi connectivity index (χ0) is 11.6. The summed E-state index contributed by atoms with van der Waals surface area (Å²) in [5.41, 5.74) is 1.54. The van der Waals surface area contributed by atoms with E-state index in [2.05, 4.69) is 15.9 Å². The van der Waals surface area contributed by atoms with Crippen LogP contribution in [0.15, 0.2) is 17.0 Å². The Morgan fingerprint density at radius 1 is 1.53 bits per heavy atom. The first kappa shape index (κ1) is 12.5. The molecule has 80 valence electrons. The average molecular weight is 309 g/mol. The molecule has 0 radical (unpaired) electrons. The quantitative estimate of drug-likeness (QED) is 0.623. The summed E-state index contributed by atoms with van der Waals surface area (Å²) in [6.45, 7) is 1.61. The van der Waals surface area contributed by atoms with Crippen molar-refractivity contribution in [1.29, 1.82) is 5.26 Å². The van der Waals surface area contributed by atoms with E-state index >= 15 is 0 Å². The molecule has 0 amide bonds. The van der Waals surface area contributed by atoms with E-state index in [0.717, 1.165) is 0 Å². The van der Waals surface area contributed by atoms with Gasteiger partial charge >= 0.3 is 0 Å². The van der Waals surface area contributed by atoms with Crippen molar-refractivity contribution in [3.63, 3.8) is 0 Å². The van der Waals surface area contributed by atoms with Crippen molar-refractivity contribution in [2.75, 3.05) is 0 Å². The van der Waals surface area contributed by atoms with Gasteiger partial charge in [-0.05, 0) is 30.2 Å². The molecule has 0 saturated carbocycles. The van der Waals surface area contributed by atoms with Crippen molar-refractivity contribution in [2.45, 2.75) is 17.1 Å². The number of benzene rings is 1. The standard InChI is InChI=1S/C9H7BrClNO2S/c1-6-2-8(5-12)7(4-10)3-9(6)15(11,13)14/h2-3H,4H2,1H3. The molecule has 0 spiro atoms. The van der Waals surface area contributed by atoms with Crippen molar-refractivity contribution >= 4 is 35.7 Å². The lowest BCUT2D eigenvalue weighted by molar-refractivity contribution is 0.609. The maximum Gasteiger partial charge on any atom is 0.261 e. The van der Waals surface area contributed by atoms with Crippen LogP contribution in [0.3, 0.4) is 0 Å². The Kier molecular flexibility index (Phi) is 3.77. The third-order valence-electron chi connectivity index (χ3n) is 1.93. The maximum atomic E-state index is 11.2. The first-order valence-corrected chi connectivity index (χ1v) is 7.37. The molecule has 1 aromatic rings. The van der Waals surface area contributed by atoms with Crippen LogP contribution < -0.4 is 0 Å². The molecule has 0 aliphatic carbocycles.